The second kappa shape index (κ2) is 7.87. The van der Waals surface area contributed by atoms with Crippen LogP contribution in [-0.2, 0) is 12.7 Å². The largest absolute Gasteiger partial charge is 0.433 e. The number of halogens is 4. The zero-order valence-electron chi connectivity index (χ0n) is 13.8. The minimum atomic E-state index is -4.55. The van der Waals surface area contributed by atoms with Crippen LogP contribution in [-0.4, -0.2) is 15.9 Å². The average molecular weight is 436 g/mol. The van der Waals surface area contributed by atoms with E-state index in [0.29, 0.717) is 11.4 Å². The molecule has 3 aromatic rings. The third kappa shape index (κ3) is 4.71. The molecule has 0 saturated heterocycles. The van der Waals surface area contributed by atoms with Gasteiger partial charge in [0.15, 0.2) is 0 Å². The van der Waals surface area contributed by atoms with Crippen LogP contribution in [0.3, 0.4) is 0 Å². The maximum absolute atomic E-state index is 13.0. The summed E-state index contributed by atoms with van der Waals surface area (Å²) in [6.07, 6.45) is -2.00. The molecule has 8 heteroatoms. The van der Waals surface area contributed by atoms with E-state index in [0.717, 1.165) is 22.8 Å². The first kappa shape index (κ1) is 19.0. The van der Waals surface area contributed by atoms with Crippen LogP contribution in [0.25, 0.3) is 0 Å². The van der Waals surface area contributed by atoms with Crippen molar-refractivity contribution in [3.63, 3.8) is 0 Å². The predicted octanol–water partition coefficient (Wildman–Crippen LogP) is 5.10. The Balaban J connectivity index is 1.94. The number of hydrogen-bond donors (Lipinski definition) is 0. The van der Waals surface area contributed by atoms with Crippen LogP contribution in [0.4, 0.5) is 18.9 Å². The van der Waals surface area contributed by atoms with E-state index in [9.17, 15) is 18.0 Å². The molecule has 0 N–H and O–H groups in total. The number of amides is 1. The lowest BCUT2D eigenvalue weighted by molar-refractivity contribution is -0.141. The Hall–Kier alpha value is -2.74. The van der Waals surface area contributed by atoms with Gasteiger partial charge in [-0.25, -0.2) is 0 Å². The van der Waals surface area contributed by atoms with Gasteiger partial charge in [-0.1, -0.05) is 22.0 Å². The van der Waals surface area contributed by atoms with Gasteiger partial charge in [-0.05, 0) is 48.5 Å². The molecule has 0 saturated carbocycles. The summed E-state index contributed by atoms with van der Waals surface area (Å²) in [5.41, 5.74) is 0.253. The van der Waals surface area contributed by atoms with Gasteiger partial charge in [0.05, 0.1) is 17.8 Å². The number of alkyl halides is 3. The van der Waals surface area contributed by atoms with Crippen molar-refractivity contribution in [1.82, 2.24) is 9.97 Å². The van der Waals surface area contributed by atoms with E-state index in [2.05, 4.69) is 25.9 Å². The Kier molecular flexibility index (Phi) is 5.55. The minimum Gasteiger partial charge on any atom is -0.302 e. The topological polar surface area (TPSA) is 46.1 Å². The number of anilines is 1. The number of aromatic nitrogens is 2. The molecule has 2 heterocycles. The fourth-order valence-corrected chi connectivity index (χ4v) is 2.66. The van der Waals surface area contributed by atoms with E-state index in [1.54, 1.807) is 48.7 Å². The first-order valence-corrected chi connectivity index (χ1v) is 8.64. The van der Waals surface area contributed by atoms with Crippen molar-refractivity contribution >= 4 is 27.5 Å². The number of hydrogen-bond acceptors (Lipinski definition) is 3. The molecule has 0 aliphatic rings. The van der Waals surface area contributed by atoms with Gasteiger partial charge in [0.2, 0.25) is 0 Å². The number of benzene rings is 1. The average Bonchev–Trinajstić information content (AvgIpc) is 2.67. The molecule has 0 unspecified atom stereocenters. The molecule has 4 nitrogen and oxygen atoms in total. The van der Waals surface area contributed by atoms with Gasteiger partial charge in [0.1, 0.15) is 5.69 Å². The van der Waals surface area contributed by atoms with Gasteiger partial charge in [-0.15, -0.1) is 0 Å². The molecule has 0 radical (unpaired) electrons. The van der Waals surface area contributed by atoms with Crippen molar-refractivity contribution in [1.29, 1.82) is 0 Å². The number of pyridine rings is 2. The van der Waals surface area contributed by atoms with Crippen LogP contribution in [0.1, 0.15) is 21.7 Å². The molecular formula is C19H13BrF3N3O. The van der Waals surface area contributed by atoms with Crippen molar-refractivity contribution in [2.75, 3.05) is 4.90 Å². The number of rotatable bonds is 4. The maximum atomic E-state index is 13.0. The van der Waals surface area contributed by atoms with Crippen molar-refractivity contribution < 1.29 is 18.0 Å². The third-order valence-corrected chi connectivity index (χ3v) is 4.26. The molecule has 0 aliphatic carbocycles. The zero-order valence-corrected chi connectivity index (χ0v) is 15.4. The van der Waals surface area contributed by atoms with Gasteiger partial charge < -0.3 is 4.90 Å². The summed E-state index contributed by atoms with van der Waals surface area (Å²) in [5, 5.41) is 0. The summed E-state index contributed by atoms with van der Waals surface area (Å²) in [6.45, 7) is 0.169. The second-order valence-corrected chi connectivity index (χ2v) is 6.53. The fraction of sp³-hybridized carbons (Fsp3) is 0.105. The molecule has 0 atom stereocenters. The van der Waals surface area contributed by atoms with Gasteiger partial charge in [0, 0.05) is 22.6 Å². The summed E-state index contributed by atoms with van der Waals surface area (Å²) in [5.74, 6) is -0.468. The number of carbonyl (C=O) groups excluding carboxylic acids is 1. The Morgan fingerprint density at radius 2 is 1.74 bits per heavy atom. The van der Waals surface area contributed by atoms with Crippen LogP contribution in [0.15, 0.2) is 71.5 Å². The van der Waals surface area contributed by atoms with Crippen molar-refractivity contribution in [3.05, 3.63) is 88.4 Å². The van der Waals surface area contributed by atoms with E-state index in [-0.39, 0.29) is 12.1 Å². The molecule has 27 heavy (non-hydrogen) atoms. The lowest BCUT2D eigenvalue weighted by atomic mass is 10.2. The molecule has 0 spiro atoms. The third-order valence-electron chi connectivity index (χ3n) is 3.73. The lowest BCUT2D eigenvalue weighted by Gasteiger charge is -2.23. The predicted molar refractivity (Wildman–Crippen MR) is 98.1 cm³/mol. The molecular weight excluding hydrogens is 423 g/mol. The number of nitrogens with zero attached hydrogens (tertiary/aromatic N) is 3. The van der Waals surface area contributed by atoms with E-state index in [1.807, 2.05) is 0 Å². The summed E-state index contributed by atoms with van der Waals surface area (Å²) < 4.78 is 38.9. The molecule has 0 bridgehead atoms. The lowest BCUT2D eigenvalue weighted by Crippen LogP contribution is -2.31. The van der Waals surface area contributed by atoms with Crippen LogP contribution < -0.4 is 4.90 Å². The summed E-state index contributed by atoms with van der Waals surface area (Å²) in [6, 6.07) is 14.3. The molecule has 3 rings (SSSR count). The quantitative estimate of drug-likeness (QED) is 0.572. The number of carbonyl (C=O) groups is 1. The van der Waals surface area contributed by atoms with Crippen molar-refractivity contribution in [3.8, 4) is 0 Å². The Bertz CT molecular complexity index is 914. The molecule has 0 aliphatic heterocycles. The molecule has 0 fully saturated rings. The molecule has 1 amide bonds. The van der Waals surface area contributed by atoms with Crippen LogP contribution >= 0.6 is 15.9 Å². The van der Waals surface area contributed by atoms with Gasteiger partial charge >= 0.3 is 6.18 Å². The van der Waals surface area contributed by atoms with Gasteiger partial charge in [0.25, 0.3) is 5.91 Å². The van der Waals surface area contributed by atoms with E-state index in [1.165, 1.54) is 4.90 Å². The highest BCUT2D eigenvalue weighted by molar-refractivity contribution is 9.10. The van der Waals surface area contributed by atoms with E-state index in [4.69, 9.17) is 0 Å². The van der Waals surface area contributed by atoms with Crippen LogP contribution in [0.2, 0.25) is 0 Å². The highest BCUT2D eigenvalue weighted by Crippen LogP contribution is 2.28. The van der Waals surface area contributed by atoms with E-state index >= 15 is 0 Å². The van der Waals surface area contributed by atoms with Gasteiger partial charge in [-0.3, -0.25) is 14.8 Å². The van der Waals surface area contributed by atoms with Crippen molar-refractivity contribution in [2.45, 2.75) is 12.7 Å². The maximum Gasteiger partial charge on any atom is 0.433 e. The second-order valence-electron chi connectivity index (χ2n) is 5.62. The zero-order chi connectivity index (χ0) is 19.4. The minimum absolute atomic E-state index is 0.0573. The summed E-state index contributed by atoms with van der Waals surface area (Å²) in [4.78, 5) is 22.0. The normalized spacial score (nSPS) is 11.3. The monoisotopic (exact) mass is 435 g/mol. The SMILES string of the molecule is O=C(c1ccc(C(F)(F)F)nc1)N(Cc1ccccn1)c1ccc(Br)cc1. The first-order valence-electron chi connectivity index (χ1n) is 7.85. The standard InChI is InChI=1S/C19H13BrF3N3O/c20-14-5-7-16(8-6-14)26(12-15-3-1-2-10-24-15)18(27)13-4-9-17(25-11-13)19(21,22)23/h1-11H,12H2. The van der Waals surface area contributed by atoms with Crippen molar-refractivity contribution in [2.24, 2.45) is 0 Å². The Labute approximate surface area is 161 Å². The van der Waals surface area contributed by atoms with Crippen LogP contribution in [0, 0.1) is 0 Å². The smallest absolute Gasteiger partial charge is 0.302 e. The Morgan fingerprint density at radius 3 is 2.30 bits per heavy atom. The molecule has 2 aromatic heterocycles. The summed E-state index contributed by atoms with van der Waals surface area (Å²) in [7, 11) is 0. The van der Waals surface area contributed by atoms with Gasteiger partial charge in [-0.2, -0.15) is 13.2 Å². The molecule has 138 valence electrons. The van der Waals surface area contributed by atoms with E-state index < -0.39 is 17.8 Å². The highest BCUT2D eigenvalue weighted by Gasteiger charge is 2.32. The van der Waals surface area contributed by atoms with Crippen LogP contribution in [0.5, 0.6) is 0 Å². The summed E-state index contributed by atoms with van der Waals surface area (Å²) >= 11 is 3.34. The molecule has 1 aromatic carbocycles. The highest BCUT2D eigenvalue weighted by atomic mass is 79.9. The Morgan fingerprint density at radius 1 is 1.00 bits per heavy atom. The fourth-order valence-electron chi connectivity index (χ4n) is 2.40. The first-order chi connectivity index (χ1) is 12.8.